The molecule has 6 nitrogen and oxygen atoms in total. The summed E-state index contributed by atoms with van der Waals surface area (Å²) < 4.78 is 0. The Morgan fingerprint density at radius 1 is 1.24 bits per heavy atom. The van der Waals surface area contributed by atoms with Crippen molar-refractivity contribution in [3.8, 4) is 5.75 Å². The summed E-state index contributed by atoms with van der Waals surface area (Å²) in [6.07, 6.45) is 1.47. The van der Waals surface area contributed by atoms with Crippen LogP contribution in [0.3, 0.4) is 0 Å². The van der Waals surface area contributed by atoms with Crippen LogP contribution < -0.4 is 5.32 Å². The highest BCUT2D eigenvalue weighted by atomic mass is 16.6. The molecule has 2 aromatic rings. The number of nitrogens with zero attached hydrogens (tertiary/aromatic N) is 2. The van der Waals surface area contributed by atoms with Crippen molar-refractivity contribution in [2.45, 2.75) is 0 Å². The van der Waals surface area contributed by atoms with Gasteiger partial charge in [-0.2, -0.15) is 0 Å². The maximum absolute atomic E-state index is 10.8. The Hall–Kier alpha value is -2.63. The minimum absolute atomic E-state index is 0.0967. The van der Waals surface area contributed by atoms with Gasteiger partial charge in [0.15, 0.2) is 0 Å². The Bertz CT molecular complexity index is 540. The monoisotopic (exact) mass is 231 g/mol. The summed E-state index contributed by atoms with van der Waals surface area (Å²) in [6.45, 7) is 0. The molecule has 0 radical (unpaired) electrons. The summed E-state index contributed by atoms with van der Waals surface area (Å²) >= 11 is 0. The fourth-order valence-corrected chi connectivity index (χ4v) is 1.32. The lowest BCUT2D eigenvalue weighted by atomic mass is 10.3. The summed E-state index contributed by atoms with van der Waals surface area (Å²) in [5, 5.41) is 22.7. The van der Waals surface area contributed by atoms with E-state index in [1.54, 1.807) is 12.1 Å². The molecule has 2 N–H and O–H groups in total. The lowest BCUT2D eigenvalue weighted by Gasteiger charge is -2.05. The van der Waals surface area contributed by atoms with Crippen molar-refractivity contribution in [1.82, 2.24) is 4.98 Å². The quantitative estimate of drug-likeness (QED) is 0.481. The first-order valence-corrected chi connectivity index (χ1v) is 4.82. The zero-order chi connectivity index (χ0) is 12.3. The van der Waals surface area contributed by atoms with E-state index in [1.165, 1.54) is 30.5 Å². The third-order valence-corrected chi connectivity index (χ3v) is 2.11. The maximum Gasteiger partial charge on any atom is 0.311 e. The molecule has 0 unspecified atom stereocenters. The van der Waals surface area contributed by atoms with E-state index < -0.39 is 4.92 Å². The number of nitrogens with one attached hydrogen (secondary N) is 1. The minimum atomic E-state index is -0.504. The van der Waals surface area contributed by atoms with Gasteiger partial charge in [-0.15, -0.1) is 0 Å². The van der Waals surface area contributed by atoms with Crippen molar-refractivity contribution in [3.63, 3.8) is 0 Å². The number of hydrogen-bond donors (Lipinski definition) is 2. The highest BCUT2D eigenvalue weighted by Crippen LogP contribution is 2.25. The van der Waals surface area contributed by atoms with E-state index in [9.17, 15) is 10.1 Å². The van der Waals surface area contributed by atoms with Gasteiger partial charge in [0.25, 0.3) is 0 Å². The average molecular weight is 231 g/mol. The fourth-order valence-electron chi connectivity index (χ4n) is 1.32. The van der Waals surface area contributed by atoms with Gasteiger partial charge in [-0.05, 0) is 30.3 Å². The summed E-state index contributed by atoms with van der Waals surface area (Å²) in [5.41, 5.74) is 0.519. The van der Waals surface area contributed by atoms with Gasteiger partial charge in [0.2, 0.25) is 5.82 Å². The third kappa shape index (κ3) is 2.49. The van der Waals surface area contributed by atoms with Gasteiger partial charge in [-0.25, -0.2) is 4.98 Å². The summed E-state index contributed by atoms with van der Waals surface area (Å²) in [4.78, 5) is 14.1. The molecule has 0 saturated carbocycles. The molecule has 0 fully saturated rings. The van der Waals surface area contributed by atoms with E-state index in [2.05, 4.69) is 10.3 Å². The number of aromatic hydroxyl groups is 1. The van der Waals surface area contributed by atoms with E-state index in [0.29, 0.717) is 5.69 Å². The predicted molar refractivity (Wildman–Crippen MR) is 62.3 cm³/mol. The number of benzene rings is 1. The predicted octanol–water partition coefficient (Wildman–Crippen LogP) is 2.44. The first-order chi connectivity index (χ1) is 8.16. The van der Waals surface area contributed by atoms with Crippen molar-refractivity contribution >= 4 is 17.2 Å². The highest BCUT2D eigenvalue weighted by Gasteiger charge is 2.13. The molecule has 1 aromatic carbocycles. The van der Waals surface area contributed by atoms with Crippen LogP contribution in [0.15, 0.2) is 42.6 Å². The molecule has 0 spiro atoms. The maximum atomic E-state index is 10.8. The molecule has 0 bridgehead atoms. The zero-order valence-electron chi connectivity index (χ0n) is 8.70. The van der Waals surface area contributed by atoms with Crippen LogP contribution in [-0.4, -0.2) is 15.0 Å². The van der Waals surface area contributed by atoms with Gasteiger partial charge < -0.3 is 10.4 Å². The van der Waals surface area contributed by atoms with Crippen molar-refractivity contribution in [3.05, 3.63) is 52.7 Å². The fraction of sp³-hybridized carbons (Fsp3) is 0. The summed E-state index contributed by atoms with van der Waals surface area (Å²) in [5.74, 6) is 0.300. The number of anilines is 2. The SMILES string of the molecule is O=[N+]([O-])c1cccnc1Nc1ccc(O)cc1. The zero-order valence-corrected chi connectivity index (χ0v) is 8.70. The van der Waals surface area contributed by atoms with E-state index >= 15 is 0 Å². The van der Waals surface area contributed by atoms with Gasteiger partial charge in [0.1, 0.15) is 5.75 Å². The lowest BCUT2D eigenvalue weighted by molar-refractivity contribution is -0.384. The van der Waals surface area contributed by atoms with Gasteiger partial charge >= 0.3 is 5.69 Å². The van der Waals surface area contributed by atoms with E-state index in [-0.39, 0.29) is 17.3 Å². The molecule has 0 atom stereocenters. The number of hydrogen-bond acceptors (Lipinski definition) is 5. The molecule has 6 heteroatoms. The normalized spacial score (nSPS) is 9.88. The number of rotatable bonds is 3. The van der Waals surface area contributed by atoms with Crippen LogP contribution >= 0.6 is 0 Å². The molecule has 0 saturated heterocycles. The summed E-state index contributed by atoms with van der Waals surface area (Å²) in [7, 11) is 0. The number of nitro groups is 1. The average Bonchev–Trinajstić information content (AvgIpc) is 2.32. The third-order valence-electron chi connectivity index (χ3n) is 2.11. The van der Waals surface area contributed by atoms with Crippen LogP contribution in [0.2, 0.25) is 0 Å². The van der Waals surface area contributed by atoms with Crippen LogP contribution in [0, 0.1) is 10.1 Å². The van der Waals surface area contributed by atoms with Crippen LogP contribution in [0.5, 0.6) is 5.75 Å². The van der Waals surface area contributed by atoms with Gasteiger partial charge in [-0.3, -0.25) is 10.1 Å². The van der Waals surface area contributed by atoms with Gasteiger partial charge in [0, 0.05) is 18.0 Å². The number of pyridine rings is 1. The molecule has 0 amide bonds. The Balaban J connectivity index is 2.30. The second kappa shape index (κ2) is 4.48. The molecular formula is C11H9N3O3. The molecule has 2 rings (SSSR count). The largest absolute Gasteiger partial charge is 0.508 e. The second-order valence-electron chi connectivity index (χ2n) is 3.30. The molecule has 1 heterocycles. The van der Waals surface area contributed by atoms with Crippen LogP contribution in [0.4, 0.5) is 17.2 Å². The first-order valence-electron chi connectivity index (χ1n) is 4.82. The second-order valence-corrected chi connectivity index (χ2v) is 3.30. The van der Waals surface area contributed by atoms with Gasteiger partial charge in [-0.1, -0.05) is 0 Å². The van der Waals surface area contributed by atoms with E-state index in [4.69, 9.17) is 5.11 Å². The number of aromatic nitrogens is 1. The smallest absolute Gasteiger partial charge is 0.311 e. The Morgan fingerprint density at radius 2 is 1.94 bits per heavy atom. The highest BCUT2D eigenvalue weighted by molar-refractivity contribution is 5.65. The number of phenolic OH excluding ortho intramolecular Hbond substituents is 1. The molecule has 0 aliphatic rings. The molecular weight excluding hydrogens is 222 g/mol. The van der Waals surface area contributed by atoms with Crippen LogP contribution in [-0.2, 0) is 0 Å². The molecule has 0 aliphatic heterocycles. The van der Waals surface area contributed by atoms with Crippen LogP contribution in [0.25, 0.3) is 0 Å². The topological polar surface area (TPSA) is 88.3 Å². The van der Waals surface area contributed by atoms with Crippen molar-refractivity contribution in [1.29, 1.82) is 0 Å². The van der Waals surface area contributed by atoms with Crippen molar-refractivity contribution in [2.75, 3.05) is 5.32 Å². The molecule has 17 heavy (non-hydrogen) atoms. The Kier molecular flexibility index (Phi) is 2.87. The lowest BCUT2D eigenvalue weighted by Crippen LogP contribution is -1.98. The molecule has 86 valence electrons. The van der Waals surface area contributed by atoms with Crippen LogP contribution in [0.1, 0.15) is 0 Å². The Morgan fingerprint density at radius 3 is 2.59 bits per heavy atom. The number of phenols is 1. The van der Waals surface area contributed by atoms with Crippen molar-refractivity contribution < 1.29 is 10.0 Å². The van der Waals surface area contributed by atoms with Crippen molar-refractivity contribution in [2.24, 2.45) is 0 Å². The molecule has 1 aromatic heterocycles. The first kappa shape index (κ1) is 10.9. The van der Waals surface area contributed by atoms with Gasteiger partial charge in [0.05, 0.1) is 4.92 Å². The summed E-state index contributed by atoms with van der Waals surface area (Å²) in [6, 6.07) is 9.05. The van der Waals surface area contributed by atoms with E-state index in [1.807, 2.05) is 0 Å². The van der Waals surface area contributed by atoms with E-state index in [0.717, 1.165) is 0 Å². The Labute approximate surface area is 96.7 Å². The minimum Gasteiger partial charge on any atom is -0.508 e. The molecule has 0 aliphatic carbocycles. The standard InChI is InChI=1S/C11H9N3O3/c15-9-5-3-8(4-6-9)13-11-10(14(16)17)2-1-7-12-11/h1-7,15H,(H,12,13).